The van der Waals surface area contributed by atoms with Crippen molar-refractivity contribution in [3.05, 3.63) is 50.4 Å². The molecule has 2 aromatic heterocycles. The first-order valence-electron chi connectivity index (χ1n) is 9.38. The van der Waals surface area contributed by atoms with Gasteiger partial charge in [0.25, 0.3) is 11.2 Å². The number of fused-ring (bicyclic) bond motifs is 1. The Balaban J connectivity index is 1.57. The van der Waals surface area contributed by atoms with Crippen LogP contribution >= 0.6 is 46.6 Å². The number of rotatable bonds is 8. The summed E-state index contributed by atoms with van der Waals surface area (Å²) in [6, 6.07) is 5.69. The van der Waals surface area contributed by atoms with Crippen LogP contribution in [0.15, 0.2) is 43.5 Å². The summed E-state index contributed by atoms with van der Waals surface area (Å²) in [5.74, 6) is 1.35. The third-order valence-corrected chi connectivity index (χ3v) is 8.14. The Morgan fingerprint density at radius 3 is 2.78 bits per heavy atom. The molecule has 0 saturated carbocycles. The van der Waals surface area contributed by atoms with Crippen LogP contribution in [0.2, 0.25) is 0 Å². The van der Waals surface area contributed by atoms with Gasteiger partial charge in [-0.1, -0.05) is 41.8 Å². The van der Waals surface area contributed by atoms with Gasteiger partial charge in [0.05, 0.1) is 27.0 Å². The summed E-state index contributed by atoms with van der Waals surface area (Å²) in [5.41, 5.74) is 0.860. The van der Waals surface area contributed by atoms with Crippen LogP contribution in [0.1, 0.15) is 12.6 Å². The number of hydrogen-bond donors (Lipinski definition) is 1. The second kappa shape index (κ2) is 10.0. The van der Waals surface area contributed by atoms with E-state index in [9.17, 15) is 19.7 Å². The molecule has 0 radical (unpaired) electrons. The fourth-order valence-electron chi connectivity index (χ4n) is 2.87. The number of carbonyl (C=O) groups excluding carboxylic acids is 1. The van der Waals surface area contributed by atoms with Crippen LogP contribution in [0.5, 0.6) is 0 Å². The van der Waals surface area contributed by atoms with Crippen molar-refractivity contribution in [2.75, 3.05) is 22.6 Å². The summed E-state index contributed by atoms with van der Waals surface area (Å²) in [7, 11) is 0. The lowest BCUT2D eigenvalue weighted by Gasteiger charge is -2.13. The standard InChI is InChI=1S/C18H16N6O4S4/c1-2-29-18-22-21-16(32-18)20-13(25)9-31-17-19-12-7-8-30-14(12)15(26)23(17)10-3-5-11(6-4-10)24(27)28/h3-6H,2,7-9H2,1H3,(H,20,21,25). The molecular weight excluding hydrogens is 493 g/mol. The molecule has 1 aromatic carbocycles. The first-order chi connectivity index (χ1) is 15.5. The zero-order valence-electron chi connectivity index (χ0n) is 16.6. The number of aromatic nitrogens is 4. The Labute approximate surface area is 198 Å². The molecular formula is C18H16N6O4S4. The Morgan fingerprint density at radius 1 is 1.28 bits per heavy atom. The van der Waals surface area contributed by atoms with Crippen LogP contribution in [-0.4, -0.2) is 47.8 Å². The van der Waals surface area contributed by atoms with Crippen molar-refractivity contribution >= 4 is 63.3 Å². The van der Waals surface area contributed by atoms with Crippen LogP contribution in [0.25, 0.3) is 5.69 Å². The lowest BCUT2D eigenvalue weighted by Crippen LogP contribution is -2.24. The van der Waals surface area contributed by atoms with Gasteiger partial charge in [0.2, 0.25) is 11.0 Å². The minimum Gasteiger partial charge on any atom is -0.300 e. The Bertz CT molecular complexity index is 1230. The van der Waals surface area contributed by atoms with Crippen molar-refractivity contribution in [1.29, 1.82) is 0 Å². The maximum Gasteiger partial charge on any atom is 0.272 e. The van der Waals surface area contributed by atoms with Gasteiger partial charge >= 0.3 is 0 Å². The lowest BCUT2D eigenvalue weighted by atomic mass is 10.2. The fourth-order valence-corrected chi connectivity index (χ4v) is 6.39. The third kappa shape index (κ3) is 4.98. The largest absolute Gasteiger partial charge is 0.300 e. The Hall–Kier alpha value is -2.42. The number of benzene rings is 1. The first-order valence-corrected chi connectivity index (χ1v) is 13.2. The van der Waals surface area contributed by atoms with E-state index in [1.807, 2.05) is 6.92 Å². The number of aryl methyl sites for hydroxylation is 1. The average Bonchev–Trinajstić information content (AvgIpc) is 3.42. The molecule has 0 fully saturated rings. The quantitative estimate of drug-likeness (QED) is 0.158. The SMILES string of the molecule is CCSc1nnc(NC(=O)CSc2nc3c(c(=O)n2-c2ccc([N+](=O)[O-])cc2)SCC3)s1. The highest BCUT2D eigenvalue weighted by atomic mass is 32.2. The van der Waals surface area contributed by atoms with Crippen molar-refractivity contribution in [3.8, 4) is 5.69 Å². The number of hydrogen-bond acceptors (Lipinski definition) is 11. The lowest BCUT2D eigenvalue weighted by molar-refractivity contribution is -0.384. The number of nitrogens with one attached hydrogen (secondary N) is 1. The highest BCUT2D eigenvalue weighted by Gasteiger charge is 2.23. The fraction of sp³-hybridized carbons (Fsp3) is 0.278. The molecule has 4 rings (SSSR count). The minimum absolute atomic E-state index is 0.0151. The van der Waals surface area contributed by atoms with Crippen molar-refractivity contribution in [2.45, 2.75) is 27.7 Å². The molecule has 0 unspecified atom stereocenters. The summed E-state index contributed by atoms with van der Waals surface area (Å²) in [4.78, 5) is 41.2. The number of thioether (sulfide) groups is 3. The van der Waals surface area contributed by atoms with E-state index >= 15 is 0 Å². The molecule has 3 aromatic rings. The van der Waals surface area contributed by atoms with E-state index in [4.69, 9.17) is 0 Å². The van der Waals surface area contributed by atoms with E-state index in [0.717, 1.165) is 27.6 Å². The maximum absolute atomic E-state index is 13.1. The van der Waals surface area contributed by atoms with Crippen LogP contribution in [0, 0.1) is 10.1 Å². The van der Waals surface area contributed by atoms with Gasteiger partial charge in [-0.2, -0.15) is 0 Å². The zero-order valence-corrected chi connectivity index (χ0v) is 19.9. The summed E-state index contributed by atoms with van der Waals surface area (Å²) in [5, 5.41) is 22.4. The predicted octanol–water partition coefficient (Wildman–Crippen LogP) is 3.48. The Kier molecular flexibility index (Phi) is 7.13. The highest BCUT2D eigenvalue weighted by Crippen LogP contribution is 2.30. The molecule has 1 aliphatic rings. The average molecular weight is 509 g/mol. The Morgan fingerprint density at radius 2 is 2.06 bits per heavy atom. The molecule has 1 aliphatic heterocycles. The second-order valence-corrected chi connectivity index (χ2v) is 10.9. The van der Waals surface area contributed by atoms with Gasteiger partial charge in [0.15, 0.2) is 9.50 Å². The second-order valence-electron chi connectivity index (χ2n) is 6.33. The molecule has 14 heteroatoms. The van der Waals surface area contributed by atoms with E-state index in [2.05, 4.69) is 20.5 Å². The molecule has 0 spiro atoms. The van der Waals surface area contributed by atoms with Gasteiger partial charge in [-0.3, -0.25) is 29.6 Å². The molecule has 166 valence electrons. The molecule has 0 saturated heterocycles. The number of amides is 1. The summed E-state index contributed by atoms with van der Waals surface area (Å²) in [6.07, 6.45) is 0.679. The van der Waals surface area contributed by atoms with Crippen LogP contribution in [0.3, 0.4) is 0 Å². The first kappa shape index (κ1) is 22.8. The summed E-state index contributed by atoms with van der Waals surface area (Å²) < 4.78 is 2.18. The molecule has 10 nitrogen and oxygen atoms in total. The highest BCUT2D eigenvalue weighted by molar-refractivity contribution is 8.01. The summed E-state index contributed by atoms with van der Waals surface area (Å²) >= 11 is 5.41. The molecule has 32 heavy (non-hydrogen) atoms. The monoisotopic (exact) mass is 508 g/mol. The van der Waals surface area contributed by atoms with Crippen molar-refractivity contribution < 1.29 is 9.72 Å². The number of non-ortho nitro benzene ring substituents is 1. The van der Waals surface area contributed by atoms with E-state index in [-0.39, 0.29) is 22.9 Å². The van der Waals surface area contributed by atoms with Crippen molar-refractivity contribution in [1.82, 2.24) is 19.7 Å². The van der Waals surface area contributed by atoms with Crippen LogP contribution in [-0.2, 0) is 11.2 Å². The zero-order chi connectivity index (χ0) is 22.7. The number of nitro benzene ring substituents is 1. The molecule has 0 atom stereocenters. The van der Waals surface area contributed by atoms with E-state index in [1.165, 1.54) is 51.9 Å². The van der Waals surface area contributed by atoms with Crippen molar-refractivity contribution in [3.63, 3.8) is 0 Å². The van der Waals surface area contributed by atoms with Crippen LogP contribution in [0.4, 0.5) is 10.8 Å². The maximum atomic E-state index is 13.1. The molecule has 0 bridgehead atoms. The van der Waals surface area contributed by atoms with Gasteiger partial charge in [-0.05, 0) is 17.9 Å². The minimum atomic E-state index is -0.499. The molecule has 0 aliphatic carbocycles. The normalized spacial score (nSPS) is 12.5. The topological polar surface area (TPSA) is 133 Å². The molecule has 1 amide bonds. The predicted molar refractivity (Wildman–Crippen MR) is 127 cm³/mol. The van der Waals surface area contributed by atoms with Gasteiger partial charge < -0.3 is 0 Å². The van der Waals surface area contributed by atoms with Gasteiger partial charge in [-0.25, -0.2) is 4.98 Å². The number of anilines is 1. The number of carbonyl (C=O) groups is 1. The van der Waals surface area contributed by atoms with Crippen LogP contribution < -0.4 is 10.9 Å². The third-order valence-electron chi connectivity index (χ3n) is 4.24. The smallest absolute Gasteiger partial charge is 0.272 e. The van der Waals surface area contributed by atoms with Crippen molar-refractivity contribution in [2.24, 2.45) is 0 Å². The van der Waals surface area contributed by atoms with E-state index in [1.54, 1.807) is 11.8 Å². The van der Waals surface area contributed by atoms with E-state index < -0.39 is 4.92 Å². The summed E-state index contributed by atoms with van der Waals surface area (Å²) in [6.45, 7) is 2.01. The van der Waals surface area contributed by atoms with Gasteiger partial charge in [-0.15, -0.1) is 22.0 Å². The van der Waals surface area contributed by atoms with E-state index in [0.29, 0.717) is 33.0 Å². The number of nitrogens with zero attached hydrogens (tertiary/aromatic N) is 5. The molecule has 3 heterocycles. The van der Waals surface area contributed by atoms with Gasteiger partial charge in [0, 0.05) is 24.3 Å². The van der Waals surface area contributed by atoms with Gasteiger partial charge in [0.1, 0.15) is 0 Å². The number of nitro groups is 1. The molecule has 1 N–H and O–H groups in total.